The van der Waals surface area contributed by atoms with Gasteiger partial charge in [0.15, 0.2) is 0 Å². The molecule has 2 N–H and O–H groups in total. The summed E-state index contributed by atoms with van der Waals surface area (Å²) in [6, 6.07) is 8.20. The second kappa shape index (κ2) is 6.17. The predicted molar refractivity (Wildman–Crippen MR) is 74.5 cm³/mol. The number of hydrogen-bond acceptors (Lipinski definition) is 3. The quantitative estimate of drug-likeness (QED) is 0.888. The van der Waals surface area contributed by atoms with Gasteiger partial charge in [-0.05, 0) is 30.5 Å². The van der Waals surface area contributed by atoms with E-state index >= 15 is 0 Å². The lowest BCUT2D eigenvalue weighted by Gasteiger charge is -2.06. The van der Waals surface area contributed by atoms with Gasteiger partial charge >= 0.3 is 0 Å². The molecule has 0 saturated heterocycles. The van der Waals surface area contributed by atoms with Crippen LogP contribution in [0.25, 0.3) is 0 Å². The largest absolute Gasteiger partial charge is 0.350 e. The predicted octanol–water partition coefficient (Wildman–Crippen LogP) is 2.08. The van der Waals surface area contributed by atoms with E-state index in [1.807, 2.05) is 18.3 Å². The van der Waals surface area contributed by atoms with Crippen molar-refractivity contribution in [1.29, 1.82) is 5.26 Å². The average molecular weight is 254 g/mol. The topological polar surface area (TPSA) is 67.6 Å². The smallest absolute Gasteiger partial charge is 0.145 e. The Balaban J connectivity index is 2.10. The molecule has 0 aliphatic carbocycles. The van der Waals surface area contributed by atoms with Gasteiger partial charge in [-0.15, -0.1) is 0 Å². The Kier molecular flexibility index (Phi) is 4.32. The minimum atomic E-state index is 0.212. The van der Waals surface area contributed by atoms with Gasteiger partial charge in [-0.1, -0.05) is 13.0 Å². The van der Waals surface area contributed by atoms with Crippen LogP contribution in [0.15, 0.2) is 36.8 Å². The first kappa shape index (κ1) is 13.3. The Hall–Kier alpha value is -2.12. The van der Waals surface area contributed by atoms with Gasteiger partial charge in [0.2, 0.25) is 0 Å². The summed E-state index contributed by atoms with van der Waals surface area (Å²) < 4.78 is 2.07. The van der Waals surface area contributed by atoms with Gasteiger partial charge in [-0.25, -0.2) is 4.98 Å². The fraction of sp³-hybridized carbons (Fsp3) is 0.333. The van der Waals surface area contributed by atoms with Gasteiger partial charge in [-0.3, -0.25) is 0 Å². The van der Waals surface area contributed by atoms with Gasteiger partial charge in [-0.2, -0.15) is 5.26 Å². The Morgan fingerprint density at radius 1 is 1.47 bits per heavy atom. The van der Waals surface area contributed by atoms with E-state index in [1.54, 1.807) is 6.20 Å². The standard InChI is InChI=1S/C15H18N4/c1-2-14(17)8-12-5-7-19(10-12)11-13-4-3-6-18-15(13)9-16/h3-7,10,14H,2,8,11,17H2,1H3. The van der Waals surface area contributed by atoms with Crippen LogP contribution >= 0.6 is 0 Å². The molecule has 0 radical (unpaired) electrons. The van der Waals surface area contributed by atoms with Gasteiger partial charge in [0, 0.05) is 36.7 Å². The maximum atomic E-state index is 9.01. The van der Waals surface area contributed by atoms with Crippen molar-refractivity contribution in [1.82, 2.24) is 9.55 Å². The van der Waals surface area contributed by atoms with E-state index in [0.717, 1.165) is 18.4 Å². The molecule has 2 aromatic rings. The second-order valence-electron chi connectivity index (χ2n) is 4.69. The van der Waals surface area contributed by atoms with Crippen LogP contribution in [-0.2, 0) is 13.0 Å². The summed E-state index contributed by atoms with van der Waals surface area (Å²) in [6.07, 6.45) is 7.62. The highest BCUT2D eigenvalue weighted by Gasteiger charge is 2.06. The molecule has 0 aliphatic heterocycles. The molecule has 2 aromatic heterocycles. The molecule has 1 unspecified atom stereocenters. The van der Waals surface area contributed by atoms with Crippen LogP contribution < -0.4 is 5.73 Å². The van der Waals surface area contributed by atoms with Crippen molar-refractivity contribution in [3.8, 4) is 6.07 Å². The van der Waals surface area contributed by atoms with Crippen molar-refractivity contribution in [3.63, 3.8) is 0 Å². The first-order valence-corrected chi connectivity index (χ1v) is 6.47. The molecule has 0 aliphatic rings. The van der Waals surface area contributed by atoms with Gasteiger partial charge in [0.25, 0.3) is 0 Å². The minimum Gasteiger partial charge on any atom is -0.350 e. The summed E-state index contributed by atoms with van der Waals surface area (Å²) in [5, 5.41) is 9.01. The maximum Gasteiger partial charge on any atom is 0.145 e. The summed E-state index contributed by atoms with van der Waals surface area (Å²) in [7, 11) is 0. The molecule has 4 heteroatoms. The molecule has 0 spiro atoms. The van der Waals surface area contributed by atoms with E-state index in [0.29, 0.717) is 12.2 Å². The van der Waals surface area contributed by atoms with Crippen molar-refractivity contribution >= 4 is 0 Å². The van der Waals surface area contributed by atoms with Crippen molar-refractivity contribution in [2.24, 2.45) is 5.73 Å². The highest BCUT2D eigenvalue weighted by atomic mass is 14.9. The first-order chi connectivity index (χ1) is 9.22. The number of nitriles is 1. The first-order valence-electron chi connectivity index (χ1n) is 6.47. The zero-order chi connectivity index (χ0) is 13.7. The minimum absolute atomic E-state index is 0.212. The lowest BCUT2D eigenvalue weighted by Crippen LogP contribution is -2.21. The van der Waals surface area contributed by atoms with E-state index in [9.17, 15) is 0 Å². The van der Waals surface area contributed by atoms with Crippen molar-refractivity contribution in [2.45, 2.75) is 32.4 Å². The molecule has 4 nitrogen and oxygen atoms in total. The van der Waals surface area contributed by atoms with Gasteiger partial charge in [0.1, 0.15) is 11.8 Å². The molecule has 0 saturated carbocycles. The monoisotopic (exact) mass is 254 g/mol. The third-order valence-electron chi connectivity index (χ3n) is 3.18. The second-order valence-corrected chi connectivity index (χ2v) is 4.69. The zero-order valence-corrected chi connectivity index (χ0v) is 11.1. The highest BCUT2D eigenvalue weighted by Crippen LogP contribution is 2.10. The van der Waals surface area contributed by atoms with Crippen LogP contribution in [0.2, 0.25) is 0 Å². The fourth-order valence-corrected chi connectivity index (χ4v) is 2.02. The van der Waals surface area contributed by atoms with Crippen LogP contribution in [0.3, 0.4) is 0 Å². The van der Waals surface area contributed by atoms with Crippen molar-refractivity contribution in [2.75, 3.05) is 0 Å². The molecule has 0 fully saturated rings. The van der Waals surface area contributed by atoms with Gasteiger partial charge in [0.05, 0.1) is 0 Å². The van der Waals surface area contributed by atoms with Crippen molar-refractivity contribution in [3.05, 3.63) is 53.6 Å². The highest BCUT2D eigenvalue weighted by molar-refractivity contribution is 5.31. The fourth-order valence-electron chi connectivity index (χ4n) is 2.02. The summed E-state index contributed by atoms with van der Waals surface area (Å²) >= 11 is 0. The number of hydrogen-bond donors (Lipinski definition) is 1. The molecule has 0 bridgehead atoms. The molecular formula is C15H18N4. The van der Waals surface area contributed by atoms with E-state index in [2.05, 4.69) is 34.8 Å². The molecule has 98 valence electrons. The van der Waals surface area contributed by atoms with Crippen LogP contribution in [0.1, 0.15) is 30.2 Å². The Morgan fingerprint density at radius 2 is 2.32 bits per heavy atom. The van der Waals surface area contributed by atoms with Crippen LogP contribution in [0.4, 0.5) is 0 Å². The third kappa shape index (κ3) is 3.43. The molecule has 2 rings (SSSR count). The van der Waals surface area contributed by atoms with E-state index in [1.165, 1.54) is 5.56 Å². The Bertz CT molecular complexity index is 580. The number of nitrogens with two attached hydrogens (primary N) is 1. The normalized spacial score (nSPS) is 12.1. The molecular weight excluding hydrogens is 236 g/mol. The van der Waals surface area contributed by atoms with Crippen LogP contribution in [0, 0.1) is 11.3 Å². The lowest BCUT2D eigenvalue weighted by molar-refractivity contribution is 0.645. The Labute approximate surface area is 113 Å². The maximum absolute atomic E-state index is 9.01. The lowest BCUT2D eigenvalue weighted by atomic mass is 10.1. The SMILES string of the molecule is CCC(N)Cc1ccn(Cc2cccnc2C#N)c1. The summed E-state index contributed by atoms with van der Waals surface area (Å²) in [5.41, 5.74) is 8.61. The summed E-state index contributed by atoms with van der Waals surface area (Å²) in [5.74, 6) is 0. The molecule has 19 heavy (non-hydrogen) atoms. The number of aromatic nitrogens is 2. The number of rotatable bonds is 5. The Morgan fingerprint density at radius 3 is 3.05 bits per heavy atom. The van der Waals surface area contributed by atoms with E-state index < -0.39 is 0 Å². The van der Waals surface area contributed by atoms with Crippen LogP contribution in [0.5, 0.6) is 0 Å². The number of nitrogens with zero attached hydrogens (tertiary/aromatic N) is 3. The van der Waals surface area contributed by atoms with Crippen LogP contribution in [-0.4, -0.2) is 15.6 Å². The molecule has 0 amide bonds. The van der Waals surface area contributed by atoms with E-state index in [-0.39, 0.29) is 6.04 Å². The number of pyridine rings is 1. The summed E-state index contributed by atoms with van der Waals surface area (Å²) in [4.78, 5) is 4.07. The zero-order valence-electron chi connectivity index (χ0n) is 11.1. The average Bonchev–Trinajstić information content (AvgIpc) is 2.86. The molecule has 1 atom stereocenters. The van der Waals surface area contributed by atoms with Gasteiger partial charge < -0.3 is 10.3 Å². The molecule has 2 heterocycles. The molecule has 0 aromatic carbocycles. The van der Waals surface area contributed by atoms with E-state index in [4.69, 9.17) is 11.0 Å². The van der Waals surface area contributed by atoms with Crippen molar-refractivity contribution < 1.29 is 0 Å². The third-order valence-corrected chi connectivity index (χ3v) is 3.18. The summed E-state index contributed by atoms with van der Waals surface area (Å²) in [6.45, 7) is 2.76.